The van der Waals surface area contributed by atoms with Gasteiger partial charge in [0.1, 0.15) is 5.75 Å². The molecular weight excluding hydrogens is 260 g/mol. The summed E-state index contributed by atoms with van der Waals surface area (Å²) in [6, 6.07) is 8.12. The minimum absolute atomic E-state index is 0.811. The van der Waals surface area contributed by atoms with Gasteiger partial charge in [0.05, 0.1) is 7.11 Å². The highest BCUT2D eigenvalue weighted by Gasteiger charge is 2.34. The van der Waals surface area contributed by atoms with Crippen molar-refractivity contribution < 1.29 is 4.74 Å². The van der Waals surface area contributed by atoms with Crippen LogP contribution in [0.15, 0.2) is 18.2 Å². The molecule has 0 saturated carbocycles. The predicted molar refractivity (Wildman–Crippen MR) is 84.6 cm³/mol. The molecule has 2 fully saturated rings. The van der Waals surface area contributed by atoms with Gasteiger partial charge in [0.25, 0.3) is 0 Å². The molecular formula is C18H26N2O. The normalized spacial score (nSPS) is 32.0. The van der Waals surface area contributed by atoms with E-state index in [9.17, 15) is 0 Å². The number of nitrogens with zero attached hydrogens (tertiary/aromatic N) is 1. The molecule has 0 radical (unpaired) electrons. The first-order chi connectivity index (χ1) is 10.3. The van der Waals surface area contributed by atoms with E-state index in [0.29, 0.717) is 0 Å². The molecule has 1 aromatic rings. The summed E-state index contributed by atoms with van der Waals surface area (Å²) in [5, 5.41) is 3.75. The van der Waals surface area contributed by atoms with E-state index in [1.807, 2.05) is 0 Å². The predicted octanol–water partition coefficient (Wildman–Crippen LogP) is 2.58. The van der Waals surface area contributed by atoms with Crippen LogP contribution in [0.25, 0.3) is 0 Å². The summed E-state index contributed by atoms with van der Waals surface area (Å²) < 4.78 is 5.51. The maximum Gasteiger partial charge on any atom is 0.122 e. The van der Waals surface area contributed by atoms with Crippen molar-refractivity contribution in [3.8, 4) is 5.75 Å². The van der Waals surface area contributed by atoms with Crippen LogP contribution in [-0.2, 0) is 13.0 Å². The Morgan fingerprint density at radius 1 is 1.24 bits per heavy atom. The summed E-state index contributed by atoms with van der Waals surface area (Å²) >= 11 is 0. The van der Waals surface area contributed by atoms with E-state index in [-0.39, 0.29) is 0 Å². The molecule has 2 atom stereocenters. The molecule has 1 aromatic carbocycles. The van der Waals surface area contributed by atoms with E-state index >= 15 is 0 Å². The van der Waals surface area contributed by atoms with Gasteiger partial charge < -0.3 is 10.1 Å². The van der Waals surface area contributed by atoms with Crippen LogP contribution in [-0.4, -0.2) is 37.2 Å². The van der Waals surface area contributed by atoms with Gasteiger partial charge in [-0.1, -0.05) is 12.1 Å². The molecule has 114 valence electrons. The summed E-state index contributed by atoms with van der Waals surface area (Å²) in [7, 11) is 1.78. The van der Waals surface area contributed by atoms with Crippen molar-refractivity contribution in [2.45, 2.75) is 50.7 Å². The van der Waals surface area contributed by atoms with E-state index in [2.05, 4.69) is 28.4 Å². The van der Waals surface area contributed by atoms with Crippen molar-refractivity contribution in [1.82, 2.24) is 10.2 Å². The van der Waals surface area contributed by atoms with Gasteiger partial charge in [0, 0.05) is 31.7 Å². The van der Waals surface area contributed by atoms with Crippen LogP contribution in [0.3, 0.4) is 0 Å². The van der Waals surface area contributed by atoms with Crippen LogP contribution in [0, 0.1) is 5.92 Å². The first-order valence-corrected chi connectivity index (χ1v) is 8.45. The fourth-order valence-electron chi connectivity index (χ4n) is 4.67. The van der Waals surface area contributed by atoms with E-state index in [1.54, 1.807) is 7.11 Å². The van der Waals surface area contributed by atoms with Crippen LogP contribution in [0.2, 0.25) is 0 Å². The standard InChI is InChI=1S/C18H26N2O/c1-21-18-4-2-3-14-12-20(8-7-17(14)18)11-13-9-15-5-6-16(10-13)19-15/h2-4,13,15-16,19H,5-12H2,1H3. The van der Waals surface area contributed by atoms with Crippen LogP contribution >= 0.6 is 0 Å². The highest BCUT2D eigenvalue weighted by atomic mass is 16.5. The second-order valence-corrected chi connectivity index (χ2v) is 7.06. The zero-order valence-electron chi connectivity index (χ0n) is 13.0. The Hall–Kier alpha value is -1.06. The molecule has 3 heterocycles. The number of fused-ring (bicyclic) bond motifs is 3. The number of rotatable bonds is 3. The maximum atomic E-state index is 5.51. The molecule has 3 nitrogen and oxygen atoms in total. The third-order valence-electron chi connectivity index (χ3n) is 5.61. The van der Waals surface area contributed by atoms with Crippen molar-refractivity contribution in [3.63, 3.8) is 0 Å². The number of hydrogen-bond acceptors (Lipinski definition) is 3. The average Bonchev–Trinajstić information content (AvgIpc) is 2.85. The Balaban J connectivity index is 1.42. The fraction of sp³-hybridized carbons (Fsp3) is 0.667. The smallest absolute Gasteiger partial charge is 0.122 e. The lowest BCUT2D eigenvalue weighted by atomic mass is 9.90. The lowest BCUT2D eigenvalue weighted by molar-refractivity contribution is 0.173. The highest BCUT2D eigenvalue weighted by Crippen LogP contribution is 2.33. The number of methoxy groups -OCH3 is 1. The SMILES string of the molecule is COc1cccc2c1CCN(CC1CC3CCC(C1)N3)C2. The minimum atomic E-state index is 0.811. The van der Waals surface area contributed by atoms with Crippen LogP contribution in [0.4, 0.5) is 0 Å². The van der Waals surface area contributed by atoms with Gasteiger partial charge in [-0.3, -0.25) is 4.90 Å². The zero-order valence-corrected chi connectivity index (χ0v) is 13.0. The Morgan fingerprint density at radius 3 is 2.81 bits per heavy atom. The molecule has 2 bridgehead atoms. The summed E-state index contributed by atoms with van der Waals surface area (Å²) in [4.78, 5) is 2.66. The van der Waals surface area contributed by atoms with Crippen LogP contribution in [0.1, 0.15) is 36.8 Å². The molecule has 4 rings (SSSR count). The Bertz CT molecular complexity index is 504. The zero-order chi connectivity index (χ0) is 14.2. The monoisotopic (exact) mass is 286 g/mol. The summed E-state index contributed by atoms with van der Waals surface area (Å²) in [5.41, 5.74) is 2.90. The number of nitrogens with one attached hydrogen (secondary N) is 1. The van der Waals surface area contributed by atoms with Gasteiger partial charge in [-0.2, -0.15) is 0 Å². The Kier molecular flexibility index (Phi) is 3.64. The first kappa shape index (κ1) is 13.6. The first-order valence-electron chi connectivity index (χ1n) is 8.45. The Morgan fingerprint density at radius 2 is 2.05 bits per heavy atom. The van der Waals surface area contributed by atoms with Crippen molar-refractivity contribution in [3.05, 3.63) is 29.3 Å². The number of hydrogen-bond donors (Lipinski definition) is 1. The summed E-state index contributed by atoms with van der Waals surface area (Å²) in [6.07, 6.45) is 6.72. The van der Waals surface area contributed by atoms with Crippen molar-refractivity contribution in [2.24, 2.45) is 5.92 Å². The molecule has 3 aliphatic rings. The molecule has 2 unspecified atom stereocenters. The van der Waals surface area contributed by atoms with Gasteiger partial charge in [-0.15, -0.1) is 0 Å². The van der Waals surface area contributed by atoms with E-state index in [0.717, 1.165) is 36.7 Å². The highest BCUT2D eigenvalue weighted by molar-refractivity contribution is 5.41. The molecule has 3 aliphatic heterocycles. The number of benzene rings is 1. The fourth-order valence-corrected chi connectivity index (χ4v) is 4.67. The second-order valence-electron chi connectivity index (χ2n) is 7.06. The maximum absolute atomic E-state index is 5.51. The molecule has 2 saturated heterocycles. The quantitative estimate of drug-likeness (QED) is 0.924. The van der Waals surface area contributed by atoms with Crippen LogP contribution < -0.4 is 10.1 Å². The van der Waals surface area contributed by atoms with Crippen molar-refractivity contribution >= 4 is 0 Å². The summed E-state index contributed by atoms with van der Waals surface area (Å²) in [6.45, 7) is 3.57. The van der Waals surface area contributed by atoms with E-state index < -0.39 is 0 Å². The topological polar surface area (TPSA) is 24.5 Å². The van der Waals surface area contributed by atoms with Crippen molar-refractivity contribution in [1.29, 1.82) is 0 Å². The molecule has 0 spiro atoms. The molecule has 0 aliphatic carbocycles. The minimum Gasteiger partial charge on any atom is -0.496 e. The van der Waals surface area contributed by atoms with Gasteiger partial charge in [-0.05, 0) is 55.2 Å². The second kappa shape index (κ2) is 5.62. The van der Waals surface area contributed by atoms with Gasteiger partial charge in [-0.25, -0.2) is 0 Å². The number of ether oxygens (including phenoxy) is 1. The van der Waals surface area contributed by atoms with Crippen LogP contribution in [0.5, 0.6) is 5.75 Å². The Labute approximate surface area is 127 Å². The lowest BCUT2D eigenvalue weighted by Crippen LogP contribution is -2.43. The van der Waals surface area contributed by atoms with Gasteiger partial charge in [0.2, 0.25) is 0 Å². The van der Waals surface area contributed by atoms with Gasteiger partial charge >= 0.3 is 0 Å². The average molecular weight is 286 g/mol. The largest absolute Gasteiger partial charge is 0.496 e. The molecule has 0 amide bonds. The van der Waals surface area contributed by atoms with E-state index in [4.69, 9.17) is 4.74 Å². The van der Waals surface area contributed by atoms with Gasteiger partial charge in [0.15, 0.2) is 0 Å². The molecule has 1 N–H and O–H groups in total. The molecule has 21 heavy (non-hydrogen) atoms. The lowest BCUT2D eigenvalue weighted by Gasteiger charge is -2.36. The summed E-state index contributed by atoms with van der Waals surface area (Å²) in [5.74, 6) is 1.97. The van der Waals surface area contributed by atoms with E-state index in [1.165, 1.54) is 49.9 Å². The van der Waals surface area contributed by atoms with Crippen molar-refractivity contribution in [2.75, 3.05) is 20.2 Å². The third-order valence-corrected chi connectivity index (χ3v) is 5.61. The number of piperidine rings is 1. The third kappa shape index (κ3) is 2.69. The molecule has 3 heteroatoms. The molecule has 0 aromatic heterocycles.